The Hall–Kier alpha value is -1.78. The van der Waals surface area contributed by atoms with E-state index in [1.165, 1.54) is 23.3 Å². The molecule has 2 aliphatic heterocycles. The minimum atomic E-state index is 0.296. The van der Waals surface area contributed by atoms with Gasteiger partial charge in [0, 0.05) is 29.1 Å². The number of nitrogens with one attached hydrogen (secondary N) is 1. The molecule has 1 saturated heterocycles. The van der Waals surface area contributed by atoms with Gasteiger partial charge in [-0.15, -0.1) is 0 Å². The van der Waals surface area contributed by atoms with Gasteiger partial charge in [0.05, 0.1) is 5.37 Å². The number of hydrogen-bond acceptors (Lipinski definition) is 4. The van der Waals surface area contributed by atoms with E-state index in [9.17, 15) is 4.79 Å². The molecule has 27 heavy (non-hydrogen) atoms. The first-order valence-electron chi connectivity index (χ1n) is 10.0. The van der Waals surface area contributed by atoms with Gasteiger partial charge in [-0.05, 0) is 69.0 Å². The molecule has 2 aromatic rings. The average molecular weight is 381 g/mol. The molecular weight excluding hydrogens is 352 g/mol. The van der Waals surface area contributed by atoms with E-state index in [2.05, 4.69) is 59.6 Å². The number of fused-ring (bicyclic) bond motifs is 1. The molecule has 4 heteroatoms. The van der Waals surface area contributed by atoms with Crippen molar-refractivity contribution in [1.82, 2.24) is 4.90 Å². The van der Waals surface area contributed by atoms with Crippen LogP contribution >= 0.6 is 11.8 Å². The summed E-state index contributed by atoms with van der Waals surface area (Å²) in [5.74, 6) is 0.983. The van der Waals surface area contributed by atoms with Crippen LogP contribution < -0.4 is 5.32 Å². The highest BCUT2D eigenvalue weighted by molar-refractivity contribution is 8.00. The number of likely N-dealkylation sites (tertiary alicyclic amines) is 1. The highest BCUT2D eigenvalue weighted by atomic mass is 32.2. The molecular formula is C23H28N2OS. The summed E-state index contributed by atoms with van der Waals surface area (Å²) in [6, 6.07) is 16.8. The largest absolute Gasteiger partial charge is 0.372 e. The first kappa shape index (κ1) is 18.6. The zero-order valence-electron chi connectivity index (χ0n) is 16.0. The molecule has 0 radical (unpaired) electrons. The number of carbonyl (C=O) groups excluding carboxylic acids is 1. The van der Waals surface area contributed by atoms with Gasteiger partial charge >= 0.3 is 0 Å². The van der Waals surface area contributed by atoms with Crippen LogP contribution in [-0.2, 0) is 6.54 Å². The average Bonchev–Trinajstić information content (AvgIpc) is 3.07. The van der Waals surface area contributed by atoms with Crippen molar-refractivity contribution in [2.45, 2.75) is 49.4 Å². The fourth-order valence-electron chi connectivity index (χ4n) is 4.11. The Balaban J connectivity index is 1.23. The number of piperidine rings is 1. The van der Waals surface area contributed by atoms with Crippen molar-refractivity contribution in [3.05, 3.63) is 59.7 Å². The van der Waals surface area contributed by atoms with Gasteiger partial charge in [-0.1, -0.05) is 42.1 Å². The zero-order valence-corrected chi connectivity index (χ0v) is 16.8. The van der Waals surface area contributed by atoms with E-state index in [-0.39, 0.29) is 0 Å². The highest BCUT2D eigenvalue weighted by Gasteiger charge is 2.22. The number of carbonyl (C=O) groups is 1. The fraction of sp³-hybridized carbons (Fsp3) is 0.435. The van der Waals surface area contributed by atoms with Crippen LogP contribution in [0.5, 0.6) is 0 Å². The van der Waals surface area contributed by atoms with Gasteiger partial charge in [0.25, 0.3) is 0 Å². The minimum absolute atomic E-state index is 0.296. The molecule has 1 atom stereocenters. The number of ketones is 1. The maximum atomic E-state index is 12.6. The van der Waals surface area contributed by atoms with Crippen molar-refractivity contribution in [1.29, 1.82) is 0 Å². The molecule has 1 unspecified atom stereocenters. The summed E-state index contributed by atoms with van der Waals surface area (Å²) in [5.41, 5.74) is 3.43. The Kier molecular flexibility index (Phi) is 5.84. The van der Waals surface area contributed by atoms with E-state index in [4.69, 9.17) is 0 Å². The van der Waals surface area contributed by atoms with E-state index in [1.807, 2.05) is 6.07 Å². The second-order valence-corrected chi connectivity index (χ2v) is 9.16. The van der Waals surface area contributed by atoms with E-state index in [0.29, 0.717) is 23.5 Å². The van der Waals surface area contributed by atoms with Crippen molar-refractivity contribution in [3.63, 3.8) is 0 Å². The number of thioether (sulfide) groups is 1. The Bertz CT molecular complexity index is 784. The zero-order chi connectivity index (χ0) is 18.6. The first-order valence-corrected chi connectivity index (χ1v) is 10.9. The Morgan fingerprint density at radius 1 is 1.15 bits per heavy atom. The van der Waals surface area contributed by atoms with E-state index in [0.717, 1.165) is 37.3 Å². The summed E-state index contributed by atoms with van der Waals surface area (Å²) in [6.45, 7) is 5.49. The van der Waals surface area contributed by atoms with Crippen molar-refractivity contribution in [2.75, 3.05) is 18.4 Å². The number of Topliss-reactive ketones (excluding diaryl/α,β-unsaturated/α-hetero) is 1. The van der Waals surface area contributed by atoms with Crippen LogP contribution in [0.25, 0.3) is 0 Å². The third-order valence-corrected chi connectivity index (χ3v) is 6.77. The highest BCUT2D eigenvalue weighted by Crippen LogP contribution is 2.38. The fourth-order valence-corrected chi connectivity index (χ4v) is 5.12. The Labute approximate surface area is 166 Å². The summed E-state index contributed by atoms with van der Waals surface area (Å²) in [6.07, 6.45) is 4.12. The van der Waals surface area contributed by atoms with Crippen LogP contribution in [0.15, 0.2) is 53.4 Å². The maximum Gasteiger partial charge on any atom is 0.162 e. The van der Waals surface area contributed by atoms with Gasteiger partial charge in [-0.2, -0.15) is 0 Å². The Morgan fingerprint density at radius 2 is 1.93 bits per heavy atom. The van der Waals surface area contributed by atoms with Gasteiger partial charge in [-0.25, -0.2) is 0 Å². The summed E-state index contributed by atoms with van der Waals surface area (Å²) in [7, 11) is 0. The molecule has 2 aliphatic rings. The predicted molar refractivity (Wildman–Crippen MR) is 113 cm³/mol. The monoisotopic (exact) mass is 380 g/mol. The van der Waals surface area contributed by atoms with E-state index < -0.39 is 0 Å². The second kappa shape index (κ2) is 8.49. The number of hydrogen-bond donors (Lipinski definition) is 1. The van der Waals surface area contributed by atoms with Crippen LogP contribution in [-0.4, -0.2) is 29.1 Å². The first-order chi connectivity index (χ1) is 13.2. The molecule has 0 spiro atoms. The molecule has 142 valence electrons. The molecule has 0 aromatic heterocycles. The van der Waals surface area contributed by atoms with Gasteiger partial charge < -0.3 is 5.32 Å². The van der Waals surface area contributed by atoms with Crippen molar-refractivity contribution in [3.8, 4) is 0 Å². The third-order valence-electron chi connectivity index (χ3n) is 5.70. The lowest BCUT2D eigenvalue weighted by atomic mass is 9.90. The normalized spacial score (nSPS) is 20.3. The summed E-state index contributed by atoms with van der Waals surface area (Å²) < 4.78 is 0. The second-order valence-electron chi connectivity index (χ2n) is 7.78. The van der Waals surface area contributed by atoms with Gasteiger partial charge in [-0.3, -0.25) is 9.69 Å². The lowest BCUT2D eigenvalue weighted by molar-refractivity contribution is 0.0961. The topological polar surface area (TPSA) is 32.3 Å². The molecule has 4 rings (SSSR count). The molecule has 2 heterocycles. The molecule has 2 aromatic carbocycles. The molecule has 1 N–H and O–H groups in total. The Morgan fingerprint density at radius 3 is 2.70 bits per heavy atom. The predicted octanol–water partition coefficient (Wildman–Crippen LogP) is 5.43. The smallest absolute Gasteiger partial charge is 0.162 e. The van der Waals surface area contributed by atoms with Crippen LogP contribution in [0.2, 0.25) is 0 Å². The summed E-state index contributed by atoms with van der Waals surface area (Å²) >= 11 is 1.80. The standard InChI is InChI=1S/C23H28N2OS/c1-17-24-21-9-8-20(15-23(21)27-17)22(26)10-7-18-11-13-25(14-12-18)16-19-5-3-2-4-6-19/h2-6,8-9,15,17-18,24H,7,10-14,16H2,1H3. The molecule has 1 fully saturated rings. The number of nitrogens with zero attached hydrogens (tertiary/aromatic N) is 1. The van der Waals surface area contributed by atoms with Gasteiger partial charge in [0.15, 0.2) is 5.78 Å². The van der Waals surface area contributed by atoms with Crippen LogP contribution in [0, 0.1) is 5.92 Å². The van der Waals surface area contributed by atoms with Gasteiger partial charge in [0.1, 0.15) is 0 Å². The lowest BCUT2D eigenvalue weighted by Gasteiger charge is -2.32. The third kappa shape index (κ3) is 4.74. The van der Waals surface area contributed by atoms with Crippen LogP contribution in [0.1, 0.15) is 48.5 Å². The van der Waals surface area contributed by atoms with E-state index in [1.54, 1.807) is 11.8 Å². The maximum absolute atomic E-state index is 12.6. The summed E-state index contributed by atoms with van der Waals surface area (Å²) in [4.78, 5) is 16.4. The number of benzene rings is 2. The lowest BCUT2D eigenvalue weighted by Crippen LogP contribution is -2.33. The SMILES string of the molecule is CC1Nc2ccc(C(=O)CCC3CCN(Cc4ccccc4)CC3)cc2S1. The van der Waals surface area contributed by atoms with Crippen molar-refractivity contribution < 1.29 is 4.79 Å². The number of rotatable bonds is 6. The molecule has 0 saturated carbocycles. The van der Waals surface area contributed by atoms with Crippen molar-refractivity contribution >= 4 is 23.2 Å². The van der Waals surface area contributed by atoms with Gasteiger partial charge in [0.2, 0.25) is 0 Å². The number of anilines is 1. The minimum Gasteiger partial charge on any atom is -0.372 e. The quantitative estimate of drug-likeness (QED) is 0.678. The van der Waals surface area contributed by atoms with Crippen molar-refractivity contribution in [2.24, 2.45) is 5.92 Å². The van der Waals surface area contributed by atoms with E-state index >= 15 is 0 Å². The summed E-state index contributed by atoms with van der Waals surface area (Å²) in [5, 5.41) is 3.81. The van der Waals surface area contributed by atoms with Crippen LogP contribution in [0.4, 0.5) is 5.69 Å². The molecule has 0 amide bonds. The molecule has 0 aliphatic carbocycles. The van der Waals surface area contributed by atoms with Crippen LogP contribution in [0.3, 0.4) is 0 Å². The molecule has 0 bridgehead atoms. The molecule has 3 nitrogen and oxygen atoms in total.